The lowest BCUT2D eigenvalue weighted by Gasteiger charge is -1.86. The van der Waals surface area contributed by atoms with Crippen molar-refractivity contribution in [2.45, 2.75) is 4.90 Å². The molecule has 0 saturated carbocycles. The number of hydrogen-bond donors (Lipinski definition) is 4. The van der Waals surface area contributed by atoms with E-state index >= 15 is 0 Å². The first kappa shape index (κ1) is 7.43. The van der Waals surface area contributed by atoms with Crippen molar-refractivity contribution in [2.24, 2.45) is 0 Å². The number of nitrogens with one attached hydrogen (secondary N) is 1. The Bertz CT molecular complexity index is 269. The van der Waals surface area contributed by atoms with E-state index < -0.39 is 0 Å². The normalized spacial score (nSPS) is 9.70. The maximum absolute atomic E-state index is 8.96. The number of anilines is 1. The highest BCUT2D eigenvalue weighted by atomic mass is 32.1. The summed E-state index contributed by atoms with van der Waals surface area (Å²) in [7, 11) is 0. The Hall–Kier alpha value is -0.680. The van der Waals surface area contributed by atoms with Crippen LogP contribution in [0.25, 0.3) is 0 Å². The topological polar surface area (TPSA) is 62.0 Å². The molecule has 5 heteroatoms. The Balaban J connectivity index is 3.30. The lowest BCUT2D eigenvalue weighted by atomic mass is 10.4. The largest absolute Gasteiger partial charge is 0.493 e. The van der Waals surface area contributed by atoms with Gasteiger partial charge in [-0.05, 0) is 0 Å². The van der Waals surface area contributed by atoms with Gasteiger partial charge in [0.15, 0.2) is 0 Å². The lowest BCUT2D eigenvalue weighted by molar-refractivity contribution is 0.459. The Labute approximate surface area is 68.7 Å². The van der Waals surface area contributed by atoms with E-state index in [4.69, 9.17) is 10.8 Å². The van der Waals surface area contributed by atoms with Crippen molar-refractivity contribution in [3.63, 3.8) is 0 Å². The molecular formula is C5H6N2OS2. The molecule has 3 nitrogen and oxygen atoms in total. The molecule has 0 spiro atoms. The van der Waals surface area contributed by atoms with Crippen molar-refractivity contribution >= 4 is 35.9 Å². The van der Waals surface area contributed by atoms with E-state index in [2.05, 4.69) is 29.8 Å². The standard InChI is InChI=1S/C5H6N2OS2/c6-3-4(10)2(1-9)7-5(3)8/h1,7-8,10H,6H2. The van der Waals surface area contributed by atoms with Crippen molar-refractivity contribution in [3.8, 4) is 5.88 Å². The summed E-state index contributed by atoms with van der Waals surface area (Å²) in [6, 6.07) is 0. The van der Waals surface area contributed by atoms with E-state index in [0.717, 1.165) is 0 Å². The zero-order valence-corrected chi connectivity index (χ0v) is 6.67. The fourth-order valence-corrected chi connectivity index (χ4v) is 1.09. The van der Waals surface area contributed by atoms with Crippen LogP contribution in [0.4, 0.5) is 5.69 Å². The second-order valence-electron chi connectivity index (χ2n) is 1.77. The summed E-state index contributed by atoms with van der Waals surface area (Å²) in [6.45, 7) is 0. The van der Waals surface area contributed by atoms with Crippen molar-refractivity contribution < 1.29 is 5.11 Å². The number of thiocarbonyl (C=S) groups is 1. The number of aromatic nitrogens is 1. The molecule has 0 unspecified atom stereocenters. The molecule has 0 atom stereocenters. The monoisotopic (exact) mass is 174 g/mol. The summed E-state index contributed by atoms with van der Waals surface area (Å²) in [5.41, 5.74) is 6.15. The van der Waals surface area contributed by atoms with Gasteiger partial charge >= 0.3 is 0 Å². The fraction of sp³-hybridized carbons (Fsp3) is 0. The van der Waals surface area contributed by atoms with Gasteiger partial charge in [-0.3, -0.25) is 0 Å². The van der Waals surface area contributed by atoms with Crippen LogP contribution in [0.1, 0.15) is 5.69 Å². The molecule has 0 aliphatic rings. The first-order chi connectivity index (χ1) is 4.66. The van der Waals surface area contributed by atoms with E-state index in [1.165, 1.54) is 5.37 Å². The Morgan fingerprint density at radius 2 is 2.30 bits per heavy atom. The molecule has 0 aliphatic heterocycles. The molecule has 0 bridgehead atoms. The van der Waals surface area contributed by atoms with E-state index in [9.17, 15) is 0 Å². The molecule has 0 aliphatic carbocycles. The summed E-state index contributed by atoms with van der Waals surface area (Å²) >= 11 is 8.61. The van der Waals surface area contributed by atoms with Crippen LogP contribution in [0.15, 0.2) is 4.90 Å². The van der Waals surface area contributed by atoms with Gasteiger partial charge in [-0.15, -0.1) is 12.6 Å². The van der Waals surface area contributed by atoms with Gasteiger partial charge in [0.1, 0.15) is 5.69 Å². The van der Waals surface area contributed by atoms with E-state index in [1.54, 1.807) is 0 Å². The summed E-state index contributed by atoms with van der Waals surface area (Å²) in [4.78, 5) is 3.05. The molecule has 0 fully saturated rings. The average molecular weight is 174 g/mol. The highest BCUT2D eigenvalue weighted by Gasteiger charge is 2.07. The number of nitrogen functional groups attached to an aromatic ring is 1. The molecule has 1 aromatic rings. The second-order valence-corrected chi connectivity index (χ2v) is 2.45. The first-order valence-electron chi connectivity index (χ1n) is 2.51. The molecule has 1 rings (SSSR count). The van der Waals surface area contributed by atoms with E-state index in [-0.39, 0.29) is 11.6 Å². The van der Waals surface area contributed by atoms with Gasteiger partial charge in [-0.2, -0.15) is 0 Å². The van der Waals surface area contributed by atoms with Crippen LogP contribution in [0, 0.1) is 0 Å². The van der Waals surface area contributed by atoms with E-state index in [0.29, 0.717) is 10.6 Å². The lowest BCUT2D eigenvalue weighted by Crippen LogP contribution is -1.82. The number of nitrogens with two attached hydrogens (primary N) is 1. The zero-order chi connectivity index (χ0) is 7.72. The number of aromatic hydroxyl groups is 1. The fourth-order valence-electron chi connectivity index (χ4n) is 0.597. The zero-order valence-electron chi connectivity index (χ0n) is 4.96. The van der Waals surface area contributed by atoms with Crippen LogP contribution in [-0.2, 0) is 0 Å². The first-order valence-corrected chi connectivity index (χ1v) is 3.43. The highest BCUT2D eigenvalue weighted by Crippen LogP contribution is 2.28. The number of H-pyrrole nitrogens is 1. The molecule has 54 valence electrons. The third-order valence-corrected chi connectivity index (χ3v) is 1.85. The van der Waals surface area contributed by atoms with Gasteiger partial charge in [-0.1, -0.05) is 12.2 Å². The quantitative estimate of drug-likeness (QED) is 0.378. The van der Waals surface area contributed by atoms with Crippen LogP contribution in [0.2, 0.25) is 0 Å². The second kappa shape index (κ2) is 2.51. The van der Waals surface area contributed by atoms with Gasteiger partial charge in [0.25, 0.3) is 0 Å². The van der Waals surface area contributed by atoms with Crippen molar-refractivity contribution in [3.05, 3.63) is 5.69 Å². The predicted molar refractivity (Wildman–Crippen MR) is 46.9 cm³/mol. The van der Waals surface area contributed by atoms with Crippen LogP contribution in [-0.4, -0.2) is 15.5 Å². The maximum atomic E-state index is 8.96. The van der Waals surface area contributed by atoms with Crippen LogP contribution < -0.4 is 5.73 Å². The molecule has 1 heterocycles. The molecule has 0 radical (unpaired) electrons. The molecular weight excluding hydrogens is 168 g/mol. The van der Waals surface area contributed by atoms with Gasteiger partial charge in [0, 0.05) is 5.37 Å². The number of rotatable bonds is 1. The van der Waals surface area contributed by atoms with Crippen molar-refractivity contribution in [2.75, 3.05) is 5.73 Å². The van der Waals surface area contributed by atoms with Crippen molar-refractivity contribution in [1.82, 2.24) is 4.98 Å². The minimum absolute atomic E-state index is 0.0823. The van der Waals surface area contributed by atoms with Gasteiger partial charge in [0.2, 0.25) is 5.88 Å². The maximum Gasteiger partial charge on any atom is 0.213 e. The van der Waals surface area contributed by atoms with Crippen molar-refractivity contribution in [1.29, 1.82) is 0 Å². The minimum atomic E-state index is -0.0823. The highest BCUT2D eigenvalue weighted by molar-refractivity contribution is 7.81. The summed E-state index contributed by atoms with van der Waals surface area (Å²) in [6.07, 6.45) is 0. The summed E-state index contributed by atoms with van der Waals surface area (Å²) in [5, 5.41) is 10.3. The third kappa shape index (κ3) is 0.975. The third-order valence-electron chi connectivity index (χ3n) is 1.14. The molecule has 1 aromatic heterocycles. The van der Waals surface area contributed by atoms with Crippen LogP contribution in [0.5, 0.6) is 5.88 Å². The minimum Gasteiger partial charge on any atom is -0.493 e. The molecule has 4 N–H and O–H groups in total. The molecule has 0 aromatic carbocycles. The Morgan fingerprint density at radius 1 is 1.70 bits per heavy atom. The average Bonchev–Trinajstić information content (AvgIpc) is 2.17. The number of thiol groups is 1. The summed E-state index contributed by atoms with van der Waals surface area (Å²) in [5.74, 6) is -0.0823. The molecule has 10 heavy (non-hydrogen) atoms. The molecule has 0 saturated heterocycles. The van der Waals surface area contributed by atoms with Gasteiger partial charge < -0.3 is 15.8 Å². The smallest absolute Gasteiger partial charge is 0.213 e. The molecule has 0 amide bonds. The van der Waals surface area contributed by atoms with Crippen LogP contribution >= 0.6 is 24.8 Å². The van der Waals surface area contributed by atoms with Crippen LogP contribution in [0.3, 0.4) is 0 Å². The van der Waals surface area contributed by atoms with Gasteiger partial charge in [0.05, 0.1) is 10.6 Å². The predicted octanol–water partition coefficient (Wildman–Crippen LogP) is 0.939. The Kier molecular flexibility index (Phi) is 1.87. The number of hydrogen-bond acceptors (Lipinski definition) is 4. The van der Waals surface area contributed by atoms with Gasteiger partial charge in [-0.25, -0.2) is 0 Å². The Morgan fingerprint density at radius 3 is 2.50 bits per heavy atom. The SMILES string of the molecule is Nc1c(O)[nH]c(C=S)c1S. The van der Waals surface area contributed by atoms with E-state index in [1.807, 2.05) is 0 Å². The number of aromatic amines is 1. The summed E-state index contributed by atoms with van der Waals surface area (Å²) < 4.78 is 0.